The van der Waals surface area contributed by atoms with E-state index in [0.717, 1.165) is 63.6 Å². The van der Waals surface area contributed by atoms with E-state index in [2.05, 4.69) is 63.7 Å². The molecule has 6 nitrogen and oxygen atoms in total. The number of nitrogens with zero attached hydrogens (tertiary/aromatic N) is 3. The van der Waals surface area contributed by atoms with Gasteiger partial charge in [0.25, 0.3) is 0 Å². The molecule has 0 spiro atoms. The number of benzene rings is 1. The van der Waals surface area contributed by atoms with Crippen LogP contribution in [0.1, 0.15) is 18.9 Å². The molecule has 0 aliphatic heterocycles. The number of nitrogens with one attached hydrogen (secondary N) is 2. The molecule has 1 aromatic carbocycles. The lowest BCUT2D eigenvalue weighted by molar-refractivity contribution is 0.180. The van der Waals surface area contributed by atoms with Gasteiger partial charge in [0.15, 0.2) is 5.96 Å². The average Bonchev–Trinajstić information content (AvgIpc) is 2.68. The second-order valence-electron chi connectivity index (χ2n) is 6.58. The summed E-state index contributed by atoms with van der Waals surface area (Å²) < 4.78 is 5.10. The number of hydrogen-bond donors (Lipinski definition) is 2. The van der Waals surface area contributed by atoms with E-state index >= 15 is 0 Å². The second-order valence-corrected chi connectivity index (χ2v) is 6.58. The summed E-state index contributed by atoms with van der Waals surface area (Å²) in [5.74, 6) is 0.871. The summed E-state index contributed by atoms with van der Waals surface area (Å²) in [5.41, 5.74) is 2.34. The third kappa shape index (κ3) is 8.70. The molecular weight excluding hydrogens is 465 g/mol. The smallest absolute Gasteiger partial charge is 0.191 e. The molecule has 7 heteroatoms. The van der Waals surface area contributed by atoms with Crippen molar-refractivity contribution in [2.75, 3.05) is 53.5 Å². The normalized spacial score (nSPS) is 11.5. The minimum absolute atomic E-state index is 0. The summed E-state index contributed by atoms with van der Waals surface area (Å²) in [7, 11) is 3.87. The third-order valence-electron chi connectivity index (χ3n) is 4.39. The Bertz CT molecular complexity index is 705. The fourth-order valence-electron chi connectivity index (χ4n) is 2.95. The number of ether oxygens (including phenoxy) is 1. The van der Waals surface area contributed by atoms with Crippen molar-refractivity contribution in [1.29, 1.82) is 0 Å². The molecule has 0 bridgehead atoms. The van der Waals surface area contributed by atoms with Gasteiger partial charge in [-0.1, -0.05) is 24.3 Å². The van der Waals surface area contributed by atoms with Crippen LogP contribution in [0.3, 0.4) is 0 Å². The quantitative estimate of drug-likeness (QED) is 0.216. The lowest BCUT2D eigenvalue weighted by Crippen LogP contribution is -2.39. The number of para-hydroxylation sites is 1. The molecule has 0 aliphatic carbocycles. The van der Waals surface area contributed by atoms with E-state index in [9.17, 15) is 0 Å². The van der Waals surface area contributed by atoms with Crippen LogP contribution in [0, 0.1) is 0 Å². The van der Waals surface area contributed by atoms with Crippen LogP contribution in [0.15, 0.2) is 41.5 Å². The molecule has 0 fully saturated rings. The summed E-state index contributed by atoms with van der Waals surface area (Å²) in [6.07, 6.45) is 3.82. The lowest BCUT2D eigenvalue weighted by atomic mass is 10.1. The molecule has 0 atom stereocenters. The van der Waals surface area contributed by atoms with E-state index in [1.165, 1.54) is 10.9 Å². The molecule has 156 valence electrons. The molecular formula is C21H34IN5O. The maximum absolute atomic E-state index is 5.10. The zero-order chi connectivity index (χ0) is 19.3. The van der Waals surface area contributed by atoms with Gasteiger partial charge in [0.2, 0.25) is 0 Å². The number of aliphatic imine (C=N–C) groups is 1. The summed E-state index contributed by atoms with van der Waals surface area (Å²) in [4.78, 5) is 11.5. The number of methoxy groups -OCH3 is 1. The molecule has 1 aromatic heterocycles. The molecule has 0 saturated heterocycles. The Hall–Kier alpha value is -1.45. The van der Waals surface area contributed by atoms with E-state index in [4.69, 9.17) is 4.74 Å². The molecule has 0 saturated carbocycles. The highest BCUT2D eigenvalue weighted by Gasteiger charge is 2.03. The average molecular weight is 499 g/mol. The van der Waals surface area contributed by atoms with E-state index in [0.29, 0.717) is 0 Å². The van der Waals surface area contributed by atoms with Crippen LogP contribution in [0.4, 0.5) is 0 Å². The van der Waals surface area contributed by atoms with Crippen molar-refractivity contribution in [3.63, 3.8) is 0 Å². The van der Waals surface area contributed by atoms with E-state index in [-0.39, 0.29) is 24.0 Å². The Morgan fingerprint density at radius 2 is 2.00 bits per heavy atom. The number of hydrogen-bond acceptors (Lipinski definition) is 4. The molecule has 0 amide bonds. The SMILES string of the molecule is CCNC(=NCCN(C)CCCOC)NCCc1cccc2cccnc12.I. The van der Waals surface area contributed by atoms with Crippen molar-refractivity contribution >= 4 is 40.8 Å². The molecule has 0 aliphatic rings. The summed E-state index contributed by atoms with van der Waals surface area (Å²) in [6.45, 7) is 7.31. The van der Waals surface area contributed by atoms with Gasteiger partial charge in [0, 0.05) is 51.5 Å². The highest BCUT2D eigenvalue weighted by molar-refractivity contribution is 14.0. The molecule has 0 radical (unpaired) electrons. The zero-order valence-corrected chi connectivity index (χ0v) is 19.6. The Morgan fingerprint density at radius 1 is 1.18 bits per heavy atom. The number of guanidine groups is 1. The van der Waals surface area contributed by atoms with E-state index < -0.39 is 0 Å². The minimum atomic E-state index is 0. The summed E-state index contributed by atoms with van der Waals surface area (Å²) >= 11 is 0. The topological polar surface area (TPSA) is 61.8 Å². The van der Waals surface area contributed by atoms with Crippen LogP contribution in [0.5, 0.6) is 0 Å². The molecule has 0 unspecified atom stereocenters. The monoisotopic (exact) mass is 499 g/mol. The zero-order valence-electron chi connectivity index (χ0n) is 17.3. The number of pyridine rings is 1. The van der Waals surface area contributed by atoms with Gasteiger partial charge in [-0.15, -0.1) is 24.0 Å². The number of fused-ring (bicyclic) bond motifs is 1. The molecule has 2 N–H and O–H groups in total. The molecule has 2 rings (SSSR count). The van der Waals surface area contributed by atoms with Gasteiger partial charge >= 0.3 is 0 Å². The summed E-state index contributed by atoms with van der Waals surface area (Å²) in [6, 6.07) is 10.4. The fraction of sp³-hybridized carbons (Fsp3) is 0.524. The second kappa shape index (κ2) is 14.5. The number of likely N-dealkylation sites (N-methyl/N-ethyl adjacent to an activating group) is 1. The molecule has 28 heavy (non-hydrogen) atoms. The van der Waals surface area contributed by atoms with E-state index in [1.54, 1.807) is 7.11 Å². The molecule has 2 aromatic rings. The van der Waals surface area contributed by atoms with Gasteiger partial charge in [-0.05, 0) is 38.4 Å². The summed E-state index contributed by atoms with van der Waals surface area (Å²) in [5, 5.41) is 7.94. The maximum Gasteiger partial charge on any atom is 0.191 e. The van der Waals surface area contributed by atoms with Crippen molar-refractivity contribution < 1.29 is 4.74 Å². The first kappa shape index (κ1) is 24.6. The van der Waals surface area contributed by atoms with Gasteiger partial charge in [-0.25, -0.2) is 0 Å². The highest BCUT2D eigenvalue weighted by Crippen LogP contribution is 2.15. The Balaban J connectivity index is 0.00000392. The van der Waals surface area contributed by atoms with E-state index in [1.807, 2.05) is 12.3 Å². The van der Waals surface area contributed by atoms with Crippen LogP contribution in [0.2, 0.25) is 0 Å². The van der Waals surface area contributed by atoms with Crippen LogP contribution in [0.25, 0.3) is 10.9 Å². The first-order valence-electron chi connectivity index (χ1n) is 9.77. The predicted molar refractivity (Wildman–Crippen MR) is 129 cm³/mol. The number of rotatable bonds is 11. The van der Waals surface area contributed by atoms with Crippen LogP contribution < -0.4 is 10.6 Å². The van der Waals surface area contributed by atoms with Crippen LogP contribution >= 0.6 is 24.0 Å². The Morgan fingerprint density at radius 3 is 2.79 bits per heavy atom. The number of halogens is 1. The predicted octanol–water partition coefficient (Wildman–Crippen LogP) is 2.92. The van der Waals surface area contributed by atoms with Crippen molar-refractivity contribution in [3.05, 3.63) is 42.1 Å². The lowest BCUT2D eigenvalue weighted by Gasteiger charge is -2.16. The van der Waals surface area contributed by atoms with Crippen molar-refractivity contribution in [3.8, 4) is 0 Å². The van der Waals surface area contributed by atoms with Crippen LogP contribution in [-0.4, -0.2) is 69.3 Å². The highest BCUT2D eigenvalue weighted by atomic mass is 127. The number of aromatic nitrogens is 1. The Kier molecular flexibility index (Phi) is 12.8. The van der Waals surface area contributed by atoms with Crippen molar-refractivity contribution in [1.82, 2.24) is 20.5 Å². The van der Waals surface area contributed by atoms with Gasteiger partial charge in [0.05, 0.1) is 12.1 Å². The molecule has 1 heterocycles. The minimum Gasteiger partial charge on any atom is -0.385 e. The van der Waals surface area contributed by atoms with Gasteiger partial charge in [-0.3, -0.25) is 9.98 Å². The first-order chi connectivity index (χ1) is 13.2. The van der Waals surface area contributed by atoms with Crippen molar-refractivity contribution in [2.45, 2.75) is 19.8 Å². The Labute approximate surface area is 186 Å². The fourth-order valence-corrected chi connectivity index (χ4v) is 2.95. The standard InChI is InChI=1S/C21H33N5O.HI/c1-4-22-21(25-14-16-26(2)15-7-17-27-3)24-13-11-19-9-5-8-18-10-6-12-23-20(18)19;/h5-6,8-10,12H,4,7,11,13-17H2,1-3H3,(H2,22,24,25);1H. The third-order valence-corrected chi connectivity index (χ3v) is 4.39. The largest absolute Gasteiger partial charge is 0.385 e. The van der Waals surface area contributed by atoms with Gasteiger partial charge in [-0.2, -0.15) is 0 Å². The first-order valence-corrected chi connectivity index (χ1v) is 9.77. The maximum atomic E-state index is 5.10. The van der Waals surface area contributed by atoms with Gasteiger partial charge < -0.3 is 20.3 Å². The van der Waals surface area contributed by atoms with Crippen LogP contribution in [-0.2, 0) is 11.2 Å². The van der Waals surface area contributed by atoms with Gasteiger partial charge in [0.1, 0.15) is 0 Å². The van der Waals surface area contributed by atoms with Crippen molar-refractivity contribution in [2.24, 2.45) is 4.99 Å².